The van der Waals surface area contributed by atoms with Crippen LogP contribution in [0.1, 0.15) is 44.7 Å². The summed E-state index contributed by atoms with van der Waals surface area (Å²) >= 11 is 0. The zero-order valence-electron chi connectivity index (χ0n) is 12.5. The average Bonchev–Trinajstić information content (AvgIpc) is 2.82. The molecule has 3 amide bonds. The Bertz CT molecular complexity index is 818. The van der Waals surface area contributed by atoms with E-state index in [0.29, 0.717) is 6.07 Å². The Hall–Kier alpha value is -2.91. The molecule has 2 heterocycles. The zero-order valence-corrected chi connectivity index (χ0v) is 12.5. The first kappa shape index (κ1) is 16.9. The van der Waals surface area contributed by atoms with Gasteiger partial charge in [0.05, 0.1) is 16.7 Å². The molecule has 0 aliphatic carbocycles. The highest BCUT2D eigenvalue weighted by Crippen LogP contribution is 2.38. The van der Waals surface area contributed by atoms with Crippen LogP contribution >= 0.6 is 0 Å². The van der Waals surface area contributed by atoms with Crippen LogP contribution in [0.3, 0.4) is 0 Å². The second kappa shape index (κ2) is 5.57. The van der Waals surface area contributed by atoms with Gasteiger partial charge in [0.25, 0.3) is 5.91 Å². The Morgan fingerprint density at radius 1 is 1.24 bits per heavy atom. The number of fused-ring (bicyclic) bond motifs is 1. The number of hydrogen-bond acceptors (Lipinski definition) is 4. The molecule has 25 heavy (non-hydrogen) atoms. The van der Waals surface area contributed by atoms with E-state index >= 15 is 0 Å². The van der Waals surface area contributed by atoms with Gasteiger partial charge in [0.2, 0.25) is 11.8 Å². The molecule has 0 radical (unpaired) electrons. The molecule has 0 bridgehead atoms. The molecule has 3 rings (SSSR count). The zero-order chi connectivity index (χ0) is 18.5. The predicted octanol–water partition coefficient (Wildman–Crippen LogP) is 1.16. The molecule has 132 valence electrons. The molecule has 2 aliphatic heterocycles. The minimum atomic E-state index is -4.94. The van der Waals surface area contributed by atoms with E-state index in [1.54, 1.807) is 0 Å². The van der Waals surface area contributed by atoms with Crippen LogP contribution < -0.4 is 5.32 Å². The van der Waals surface area contributed by atoms with E-state index in [4.69, 9.17) is 0 Å². The van der Waals surface area contributed by atoms with Crippen molar-refractivity contribution in [1.82, 2.24) is 10.2 Å². The normalized spacial score (nSPS) is 20.5. The molecule has 0 saturated carbocycles. The van der Waals surface area contributed by atoms with Gasteiger partial charge in [0.15, 0.2) is 0 Å². The smallest absolute Gasteiger partial charge is 0.417 e. The number of benzene rings is 1. The van der Waals surface area contributed by atoms with Crippen molar-refractivity contribution in [3.63, 3.8) is 0 Å². The van der Waals surface area contributed by atoms with Crippen LogP contribution in [0.5, 0.6) is 0 Å². The van der Waals surface area contributed by atoms with E-state index in [-0.39, 0.29) is 24.9 Å². The number of aromatic carboxylic acids is 1. The quantitative estimate of drug-likeness (QED) is 0.774. The summed E-state index contributed by atoms with van der Waals surface area (Å²) in [5.74, 6) is -4.07. The Balaban J connectivity index is 2.05. The van der Waals surface area contributed by atoms with Gasteiger partial charge in [-0.15, -0.1) is 0 Å². The van der Waals surface area contributed by atoms with Crippen molar-refractivity contribution in [2.75, 3.05) is 0 Å². The summed E-state index contributed by atoms with van der Waals surface area (Å²) in [6.45, 7) is -0.196. The number of piperidine rings is 1. The van der Waals surface area contributed by atoms with Gasteiger partial charge in [-0.25, -0.2) is 4.79 Å². The van der Waals surface area contributed by atoms with E-state index < -0.39 is 52.6 Å². The monoisotopic (exact) mass is 356 g/mol. The number of hydrogen-bond donors (Lipinski definition) is 2. The van der Waals surface area contributed by atoms with Gasteiger partial charge in [0.1, 0.15) is 6.04 Å². The molecule has 1 aromatic rings. The number of nitrogens with one attached hydrogen (secondary N) is 1. The van der Waals surface area contributed by atoms with E-state index in [0.717, 1.165) is 11.0 Å². The first-order chi connectivity index (χ1) is 11.6. The summed E-state index contributed by atoms with van der Waals surface area (Å²) in [6.07, 6.45) is -4.93. The Labute approximate surface area is 138 Å². The Morgan fingerprint density at radius 3 is 2.48 bits per heavy atom. The lowest BCUT2D eigenvalue weighted by molar-refractivity contribution is -0.138. The van der Waals surface area contributed by atoms with Crippen LogP contribution in [0, 0.1) is 0 Å². The summed E-state index contributed by atoms with van der Waals surface area (Å²) in [5, 5.41) is 11.3. The molecule has 1 fully saturated rings. The van der Waals surface area contributed by atoms with E-state index in [2.05, 4.69) is 5.32 Å². The highest BCUT2D eigenvalue weighted by Gasteiger charge is 2.44. The van der Waals surface area contributed by atoms with Crippen molar-refractivity contribution in [2.45, 2.75) is 31.6 Å². The van der Waals surface area contributed by atoms with Gasteiger partial charge in [-0.2, -0.15) is 13.2 Å². The summed E-state index contributed by atoms with van der Waals surface area (Å²) in [7, 11) is 0. The summed E-state index contributed by atoms with van der Waals surface area (Å²) in [4.78, 5) is 48.0. The second-order valence-electron chi connectivity index (χ2n) is 5.73. The van der Waals surface area contributed by atoms with Crippen LogP contribution in [0.2, 0.25) is 0 Å². The number of imide groups is 1. The van der Waals surface area contributed by atoms with Crippen molar-refractivity contribution in [1.29, 1.82) is 0 Å². The lowest BCUT2D eigenvalue weighted by atomic mass is 9.97. The SMILES string of the molecule is O=C1CCC(N2Cc3ccc(C(F)(F)F)c(C(=O)O)c3C2=O)C(=O)N1. The van der Waals surface area contributed by atoms with Crippen LogP contribution in [-0.2, 0) is 22.3 Å². The molecular formula is C15H11F3N2O5. The van der Waals surface area contributed by atoms with Gasteiger partial charge in [-0.3, -0.25) is 19.7 Å². The summed E-state index contributed by atoms with van der Waals surface area (Å²) in [5.41, 5.74) is -3.01. The number of carbonyl (C=O) groups is 4. The summed E-state index contributed by atoms with van der Waals surface area (Å²) < 4.78 is 39.2. The number of carboxylic acid groups (broad SMARTS) is 1. The van der Waals surface area contributed by atoms with Crippen molar-refractivity contribution in [2.24, 2.45) is 0 Å². The number of carbonyl (C=O) groups excluding carboxylic acids is 3. The van der Waals surface area contributed by atoms with Gasteiger partial charge in [-0.1, -0.05) is 6.07 Å². The second-order valence-corrected chi connectivity index (χ2v) is 5.73. The summed E-state index contributed by atoms with van der Waals surface area (Å²) in [6, 6.07) is 0.617. The molecule has 0 spiro atoms. The van der Waals surface area contributed by atoms with E-state index in [9.17, 15) is 37.5 Å². The number of halogens is 3. The number of amides is 3. The van der Waals surface area contributed by atoms with Crippen molar-refractivity contribution in [3.05, 3.63) is 34.4 Å². The molecule has 0 aromatic heterocycles. The molecule has 10 heteroatoms. The van der Waals surface area contributed by atoms with Crippen LogP contribution in [0.15, 0.2) is 12.1 Å². The van der Waals surface area contributed by atoms with Crippen LogP contribution in [0.25, 0.3) is 0 Å². The van der Waals surface area contributed by atoms with Gasteiger partial charge >= 0.3 is 12.1 Å². The van der Waals surface area contributed by atoms with Gasteiger partial charge < -0.3 is 10.0 Å². The van der Waals surface area contributed by atoms with Crippen LogP contribution in [0.4, 0.5) is 13.2 Å². The fourth-order valence-corrected chi connectivity index (χ4v) is 3.11. The van der Waals surface area contributed by atoms with E-state index in [1.807, 2.05) is 0 Å². The predicted molar refractivity (Wildman–Crippen MR) is 74.4 cm³/mol. The molecule has 1 atom stereocenters. The lowest BCUT2D eigenvalue weighted by Gasteiger charge is -2.29. The molecule has 7 nitrogen and oxygen atoms in total. The molecule has 2 aliphatic rings. The largest absolute Gasteiger partial charge is 0.478 e. The minimum Gasteiger partial charge on any atom is -0.478 e. The fourth-order valence-electron chi connectivity index (χ4n) is 3.11. The topological polar surface area (TPSA) is 104 Å². The highest BCUT2D eigenvalue weighted by molar-refractivity contribution is 6.10. The number of alkyl halides is 3. The van der Waals surface area contributed by atoms with E-state index in [1.165, 1.54) is 0 Å². The highest BCUT2D eigenvalue weighted by atomic mass is 19.4. The first-order valence-electron chi connectivity index (χ1n) is 7.22. The maximum absolute atomic E-state index is 13.1. The Kier molecular flexibility index (Phi) is 3.77. The molecular weight excluding hydrogens is 345 g/mol. The molecule has 1 aromatic carbocycles. The minimum absolute atomic E-state index is 0.0177. The third kappa shape index (κ3) is 2.73. The fraction of sp³-hybridized carbons (Fsp3) is 0.333. The maximum Gasteiger partial charge on any atom is 0.417 e. The van der Waals surface area contributed by atoms with Crippen molar-refractivity contribution in [3.8, 4) is 0 Å². The molecule has 2 N–H and O–H groups in total. The Morgan fingerprint density at radius 2 is 1.92 bits per heavy atom. The van der Waals surface area contributed by atoms with Gasteiger partial charge in [0, 0.05) is 13.0 Å². The maximum atomic E-state index is 13.1. The number of carboxylic acids is 1. The molecule has 1 saturated heterocycles. The van der Waals surface area contributed by atoms with Crippen molar-refractivity contribution >= 4 is 23.7 Å². The first-order valence-corrected chi connectivity index (χ1v) is 7.22. The van der Waals surface area contributed by atoms with Crippen molar-refractivity contribution < 1.29 is 37.5 Å². The molecule has 1 unspecified atom stereocenters. The number of rotatable bonds is 2. The average molecular weight is 356 g/mol. The van der Waals surface area contributed by atoms with Crippen LogP contribution in [-0.4, -0.2) is 39.7 Å². The number of nitrogens with zero attached hydrogens (tertiary/aromatic N) is 1. The lowest BCUT2D eigenvalue weighted by Crippen LogP contribution is -2.52. The third-order valence-electron chi connectivity index (χ3n) is 4.21. The van der Waals surface area contributed by atoms with Gasteiger partial charge in [-0.05, 0) is 18.1 Å². The standard InChI is InChI=1S/C15H11F3N2O5/c16-15(17,18)7-2-1-6-5-20(8-3-4-9(21)19-12(8)22)13(23)10(6)11(7)14(24)25/h1-2,8H,3-5H2,(H,24,25)(H,19,21,22). The third-order valence-corrected chi connectivity index (χ3v) is 4.21.